The van der Waals surface area contributed by atoms with E-state index in [-0.39, 0.29) is 0 Å². The summed E-state index contributed by atoms with van der Waals surface area (Å²) >= 11 is 0. The molecular formula is C54H35N5O. The second-order valence-electron chi connectivity index (χ2n) is 15.4. The first-order valence-electron chi connectivity index (χ1n) is 20.1. The first kappa shape index (κ1) is 34.0. The third-order valence-corrected chi connectivity index (χ3v) is 11.7. The number of para-hydroxylation sites is 5. The summed E-state index contributed by atoms with van der Waals surface area (Å²) in [7, 11) is 0. The molecule has 282 valence electrons. The van der Waals surface area contributed by atoms with Crippen LogP contribution in [-0.4, -0.2) is 24.1 Å². The van der Waals surface area contributed by atoms with Crippen LogP contribution >= 0.6 is 0 Å². The SMILES string of the molecule is C=C(C)c1nc(-c2ccccc2)nc(-c2cccc3c2oc2c(-c4ccc5c(c4)c4ccc6c7ccccc7n(-c7ccccc7)c6c4n5-c4ccccc4)cccc23)n1. The van der Waals surface area contributed by atoms with E-state index in [1.54, 1.807) is 0 Å². The van der Waals surface area contributed by atoms with Crippen molar-refractivity contribution in [2.45, 2.75) is 6.92 Å². The van der Waals surface area contributed by atoms with Gasteiger partial charge in [0.1, 0.15) is 11.2 Å². The number of hydrogen-bond acceptors (Lipinski definition) is 4. The lowest BCUT2D eigenvalue weighted by atomic mass is 9.99. The molecule has 0 bridgehead atoms. The molecule has 8 aromatic carbocycles. The van der Waals surface area contributed by atoms with Gasteiger partial charge in [0.15, 0.2) is 17.5 Å². The molecule has 4 heterocycles. The Morgan fingerprint density at radius 2 is 0.967 bits per heavy atom. The van der Waals surface area contributed by atoms with Gasteiger partial charge in [-0.2, -0.15) is 0 Å². The van der Waals surface area contributed by atoms with E-state index in [1.165, 1.54) is 32.7 Å². The van der Waals surface area contributed by atoms with E-state index >= 15 is 0 Å². The fraction of sp³-hybridized carbons (Fsp3) is 0.0185. The molecule has 0 fully saturated rings. The predicted molar refractivity (Wildman–Crippen MR) is 247 cm³/mol. The highest BCUT2D eigenvalue weighted by Gasteiger charge is 2.23. The van der Waals surface area contributed by atoms with Crippen molar-refractivity contribution >= 4 is 71.1 Å². The Morgan fingerprint density at radius 1 is 0.433 bits per heavy atom. The van der Waals surface area contributed by atoms with Crippen LogP contribution in [0.5, 0.6) is 0 Å². The van der Waals surface area contributed by atoms with Gasteiger partial charge in [0.25, 0.3) is 0 Å². The molecule has 12 rings (SSSR count). The highest BCUT2D eigenvalue weighted by Crippen LogP contribution is 2.44. The number of fused-ring (bicyclic) bond motifs is 10. The summed E-state index contributed by atoms with van der Waals surface area (Å²) in [5, 5.41) is 6.82. The second-order valence-corrected chi connectivity index (χ2v) is 15.4. The molecule has 0 aliphatic heterocycles. The Labute approximate surface area is 345 Å². The van der Waals surface area contributed by atoms with Gasteiger partial charge in [-0.15, -0.1) is 0 Å². The molecule has 0 atom stereocenters. The molecule has 60 heavy (non-hydrogen) atoms. The summed E-state index contributed by atoms with van der Waals surface area (Å²) in [6.07, 6.45) is 0. The van der Waals surface area contributed by atoms with Crippen LogP contribution in [0.2, 0.25) is 0 Å². The Balaban J connectivity index is 1.11. The number of benzene rings is 8. The van der Waals surface area contributed by atoms with Gasteiger partial charge in [-0.05, 0) is 66.6 Å². The Morgan fingerprint density at radius 3 is 1.63 bits per heavy atom. The van der Waals surface area contributed by atoms with Gasteiger partial charge >= 0.3 is 0 Å². The van der Waals surface area contributed by atoms with Crippen molar-refractivity contribution in [2.75, 3.05) is 0 Å². The molecule has 0 saturated carbocycles. The molecule has 4 aromatic heterocycles. The van der Waals surface area contributed by atoms with E-state index in [1.807, 2.05) is 49.4 Å². The van der Waals surface area contributed by atoms with Crippen molar-refractivity contribution in [3.8, 4) is 45.3 Å². The minimum atomic E-state index is 0.544. The maximum absolute atomic E-state index is 6.97. The van der Waals surface area contributed by atoms with Gasteiger partial charge in [-0.1, -0.05) is 140 Å². The summed E-state index contributed by atoms with van der Waals surface area (Å²) in [6, 6.07) is 64.1. The molecule has 0 N–H and O–H groups in total. The molecule has 0 amide bonds. The number of allylic oxidation sites excluding steroid dienone is 1. The van der Waals surface area contributed by atoms with Gasteiger partial charge in [0.05, 0.1) is 27.6 Å². The lowest BCUT2D eigenvalue weighted by molar-refractivity contribution is 0.670. The zero-order valence-electron chi connectivity index (χ0n) is 32.7. The molecule has 6 nitrogen and oxygen atoms in total. The smallest absolute Gasteiger partial charge is 0.167 e. The van der Waals surface area contributed by atoms with E-state index in [2.05, 4.69) is 155 Å². The van der Waals surface area contributed by atoms with Crippen LogP contribution in [0.3, 0.4) is 0 Å². The molecule has 0 aliphatic rings. The molecule has 0 aliphatic carbocycles. The largest absolute Gasteiger partial charge is 0.455 e. The fourth-order valence-corrected chi connectivity index (χ4v) is 9.04. The van der Waals surface area contributed by atoms with Crippen LogP contribution in [0, 0.1) is 0 Å². The molecule has 12 aromatic rings. The topological polar surface area (TPSA) is 61.7 Å². The van der Waals surface area contributed by atoms with Gasteiger partial charge in [0, 0.05) is 54.8 Å². The molecule has 0 unspecified atom stereocenters. The minimum Gasteiger partial charge on any atom is -0.455 e. The Bertz CT molecular complexity index is 3670. The predicted octanol–water partition coefficient (Wildman–Crippen LogP) is 14.0. The van der Waals surface area contributed by atoms with E-state index in [0.29, 0.717) is 17.5 Å². The molecule has 0 saturated heterocycles. The normalized spacial score (nSPS) is 11.8. The summed E-state index contributed by atoms with van der Waals surface area (Å²) in [6.45, 7) is 6.08. The van der Waals surface area contributed by atoms with E-state index in [4.69, 9.17) is 19.4 Å². The Kier molecular flexibility index (Phi) is 7.50. The van der Waals surface area contributed by atoms with Gasteiger partial charge < -0.3 is 13.6 Å². The number of nitrogens with zero attached hydrogens (tertiary/aromatic N) is 5. The Hall–Kier alpha value is -8.09. The number of hydrogen-bond donors (Lipinski definition) is 0. The van der Waals surface area contributed by atoms with Crippen molar-refractivity contribution in [2.24, 2.45) is 0 Å². The summed E-state index contributed by atoms with van der Waals surface area (Å²) in [4.78, 5) is 14.6. The lowest BCUT2D eigenvalue weighted by Gasteiger charge is -2.12. The number of aromatic nitrogens is 5. The zero-order valence-corrected chi connectivity index (χ0v) is 32.7. The van der Waals surface area contributed by atoms with Crippen molar-refractivity contribution in [3.63, 3.8) is 0 Å². The van der Waals surface area contributed by atoms with Gasteiger partial charge in [-0.25, -0.2) is 15.0 Å². The second kappa shape index (κ2) is 13.2. The van der Waals surface area contributed by atoms with Crippen LogP contribution in [0.4, 0.5) is 0 Å². The number of furan rings is 1. The summed E-state index contributed by atoms with van der Waals surface area (Å²) in [5.41, 5.74) is 13.0. The highest BCUT2D eigenvalue weighted by molar-refractivity contribution is 6.24. The zero-order chi connectivity index (χ0) is 39.9. The van der Waals surface area contributed by atoms with E-state index < -0.39 is 0 Å². The standard InChI is InChI=1S/C54H35N5O/c1-33(2)52-55-53(34-16-6-3-7-17-34)57-54(56-52)44-26-15-25-43-42-24-14-23-38(50(42)60-51(43)44)35-28-31-47-45(32-35)41-30-29-40-39-22-12-13-27-46(39)58(36-18-8-4-9-19-36)48(40)49(41)59(47)37-20-10-5-11-21-37/h3-32H,1H2,2H3. The van der Waals surface area contributed by atoms with Crippen molar-refractivity contribution in [1.82, 2.24) is 24.1 Å². The third kappa shape index (κ3) is 5.11. The lowest BCUT2D eigenvalue weighted by Crippen LogP contribution is -2.01. The monoisotopic (exact) mass is 769 g/mol. The summed E-state index contributed by atoms with van der Waals surface area (Å²) < 4.78 is 11.8. The molecular weight excluding hydrogens is 735 g/mol. The molecule has 0 spiro atoms. The van der Waals surface area contributed by atoms with E-state index in [9.17, 15) is 0 Å². The average molecular weight is 770 g/mol. The van der Waals surface area contributed by atoms with Crippen LogP contribution in [0.1, 0.15) is 12.7 Å². The van der Waals surface area contributed by atoms with E-state index in [0.717, 1.165) is 72.0 Å². The molecule has 6 heteroatoms. The van der Waals surface area contributed by atoms with Gasteiger partial charge in [-0.3, -0.25) is 0 Å². The van der Waals surface area contributed by atoms with Crippen LogP contribution < -0.4 is 0 Å². The first-order valence-corrected chi connectivity index (χ1v) is 20.1. The van der Waals surface area contributed by atoms with Crippen LogP contribution in [0.15, 0.2) is 193 Å². The highest BCUT2D eigenvalue weighted by atomic mass is 16.3. The summed E-state index contributed by atoms with van der Waals surface area (Å²) in [5.74, 6) is 1.69. The quantitative estimate of drug-likeness (QED) is 0.169. The maximum atomic E-state index is 6.97. The van der Waals surface area contributed by atoms with Crippen molar-refractivity contribution < 1.29 is 4.42 Å². The maximum Gasteiger partial charge on any atom is 0.167 e. The minimum absolute atomic E-state index is 0.544. The van der Waals surface area contributed by atoms with Crippen molar-refractivity contribution in [1.29, 1.82) is 0 Å². The van der Waals surface area contributed by atoms with Crippen molar-refractivity contribution in [3.05, 3.63) is 194 Å². The molecule has 0 radical (unpaired) electrons. The fourth-order valence-electron chi connectivity index (χ4n) is 9.04. The van der Waals surface area contributed by atoms with Crippen LogP contribution in [0.25, 0.3) is 116 Å². The third-order valence-electron chi connectivity index (χ3n) is 11.7. The first-order chi connectivity index (χ1) is 29.6. The number of rotatable bonds is 6. The average Bonchev–Trinajstić information content (AvgIpc) is 3.97. The van der Waals surface area contributed by atoms with Crippen LogP contribution in [-0.2, 0) is 0 Å². The van der Waals surface area contributed by atoms with Gasteiger partial charge in [0.2, 0.25) is 0 Å².